The van der Waals surface area contributed by atoms with Crippen LogP contribution >= 0.6 is 0 Å². The van der Waals surface area contributed by atoms with Gasteiger partial charge >= 0.3 is 0 Å². The van der Waals surface area contributed by atoms with Gasteiger partial charge < -0.3 is 4.57 Å². The van der Waals surface area contributed by atoms with E-state index >= 15 is 0 Å². The van der Waals surface area contributed by atoms with Crippen LogP contribution in [0.15, 0.2) is 24.6 Å². The quantitative estimate of drug-likeness (QED) is 0.576. The second-order valence-corrected chi connectivity index (χ2v) is 8.77. The molecule has 3 heteroatoms. The van der Waals surface area contributed by atoms with Crippen LogP contribution in [0.2, 0.25) is 19.6 Å². The van der Waals surface area contributed by atoms with Crippen LogP contribution < -0.4 is 0 Å². The molecular weight excluding hydrogens is 164 g/mol. The molecule has 1 aliphatic heterocycles. The minimum absolute atomic E-state index is 0.0300. The first-order chi connectivity index (χ1) is 5.54. The maximum atomic E-state index is 8.62. The first-order valence-corrected chi connectivity index (χ1v) is 7.53. The summed E-state index contributed by atoms with van der Waals surface area (Å²) in [6, 6.07) is 2.19. The standard InChI is InChI=1S/C9H14N2Si/c1-12(2,3)11-6-4-9(8-10)5-7-11/h4-7,9H,1-3H3. The van der Waals surface area contributed by atoms with Gasteiger partial charge in [0.05, 0.1) is 12.0 Å². The van der Waals surface area contributed by atoms with Gasteiger partial charge in [-0.2, -0.15) is 5.26 Å². The molecule has 0 aromatic carbocycles. The van der Waals surface area contributed by atoms with E-state index in [1.54, 1.807) is 0 Å². The first-order valence-electron chi connectivity index (χ1n) is 4.09. The fourth-order valence-corrected chi connectivity index (χ4v) is 2.08. The minimum Gasteiger partial charge on any atom is -0.381 e. The highest BCUT2D eigenvalue weighted by molar-refractivity contribution is 6.73. The maximum Gasteiger partial charge on any atom is 0.152 e. The van der Waals surface area contributed by atoms with Crippen LogP contribution in [-0.2, 0) is 0 Å². The van der Waals surface area contributed by atoms with Crippen LogP contribution in [0.4, 0.5) is 0 Å². The third-order valence-electron chi connectivity index (χ3n) is 1.83. The van der Waals surface area contributed by atoms with Gasteiger partial charge in [0.1, 0.15) is 0 Å². The Kier molecular flexibility index (Phi) is 2.39. The van der Waals surface area contributed by atoms with E-state index in [-0.39, 0.29) is 5.92 Å². The topological polar surface area (TPSA) is 27.0 Å². The van der Waals surface area contributed by atoms with Gasteiger partial charge in [-0.05, 0) is 24.6 Å². The summed E-state index contributed by atoms with van der Waals surface area (Å²) in [5, 5.41) is 8.62. The number of hydrogen-bond donors (Lipinski definition) is 0. The molecular formula is C9H14N2Si. The highest BCUT2D eigenvalue weighted by Gasteiger charge is 2.20. The van der Waals surface area contributed by atoms with Crippen molar-refractivity contribution in [1.82, 2.24) is 4.57 Å². The zero-order chi connectivity index (χ0) is 9.19. The molecule has 0 radical (unpaired) electrons. The third-order valence-corrected chi connectivity index (χ3v) is 3.68. The van der Waals surface area contributed by atoms with Crippen LogP contribution in [-0.4, -0.2) is 12.8 Å². The molecule has 1 heterocycles. The molecule has 1 aliphatic rings. The van der Waals surface area contributed by atoms with Crippen molar-refractivity contribution in [2.45, 2.75) is 19.6 Å². The molecule has 0 N–H and O–H groups in total. The molecule has 0 fully saturated rings. The van der Waals surface area contributed by atoms with Gasteiger partial charge in [0.2, 0.25) is 0 Å². The molecule has 0 unspecified atom stereocenters. The molecule has 0 saturated carbocycles. The molecule has 2 nitrogen and oxygen atoms in total. The van der Waals surface area contributed by atoms with Crippen LogP contribution in [0.1, 0.15) is 0 Å². The van der Waals surface area contributed by atoms with E-state index in [0.29, 0.717) is 0 Å². The van der Waals surface area contributed by atoms with E-state index in [0.717, 1.165) is 0 Å². The lowest BCUT2D eigenvalue weighted by Gasteiger charge is -2.31. The molecule has 0 saturated heterocycles. The van der Waals surface area contributed by atoms with Gasteiger partial charge in [-0.3, -0.25) is 0 Å². The SMILES string of the molecule is C[Si](C)(C)N1C=CC(C#N)C=C1. The smallest absolute Gasteiger partial charge is 0.152 e. The minimum atomic E-state index is -1.25. The normalized spacial score (nSPS) is 18.0. The van der Waals surface area contributed by atoms with Crippen LogP contribution in [0, 0.1) is 17.2 Å². The van der Waals surface area contributed by atoms with E-state index in [2.05, 4.69) is 30.3 Å². The highest BCUT2D eigenvalue weighted by Crippen LogP contribution is 2.16. The average molecular weight is 178 g/mol. The van der Waals surface area contributed by atoms with E-state index in [1.165, 1.54) is 0 Å². The number of nitriles is 1. The summed E-state index contributed by atoms with van der Waals surface area (Å²) in [5.41, 5.74) is 0. The molecule has 1 rings (SSSR count). The summed E-state index contributed by atoms with van der Waals surface area (Å²) >= 11 is 0. The molecule has 0 amide bonds. The van der Waals surface area contributed by atoms with E-state index in [4.69, 9.17) is 5.26 Å². The van der Waals surface area contributed by atoms with Crippen molar-refractivity contribution in [3.05, 3.63) is 24.6 Å². The van der Waals surface area contributed by atoms with Crippen molar-refractivity contribution in [3.8, 4) is 6.07 Å². The van der Waals surface area contributed by atoms with Gasteiger partial charge in [0.15, 0.2) is 8.24 Å². The van der Waals surface area contributed by atoms with Crippen molar-refractivity contribution in [2.75, 3.05) is 0 Å². The fraction of sp³-hybridized carbons (Fsp3) is 0.444. The van der Waals surface area contributed by atoms with E-state index in [1.807, 2.05) is 24.6 Å². The summed E-state index contributed by atoms with van der Waals surface area (Å²) < 4.78 is 2.24. The lowest BCUT2D eigenvalue weighted by Crippen LogP contribution is -2.39. The molecule has 12 heavy (non-hydrogen) atoms. The fourth-order valence-electron chi connectivity index (χ4n) is 1.02. The molecule has 0 spiro atoms. The molecule has 0 bridgehead atoms. The second kappa shape index (κ2) is 3.16. The molecule has 0 aromatic rings. The summed E-state index contributed by atoms with van der Waals surface area (Å²) in [6.45, 7) is 6.82. The third kappa shape index (κ3) is 1.99. The summed E-state index contributed by atoms with van der Waals surface area (Å²) in [5.74, 6) is -0.0300. The predicted molar refractivity (Wildman–Crippen MR) is 52.6 cm³/mol. The Morgan fingerprint density at radius 3 is 2.08 bits per heavy atom. The van der Waals surface area contributed by atoms with Gasteiger partial charge in [-0.15, -0.1) is 0 Å². The Balaban J connectivity index is 2.69. The zero-order valence-electron chi connectivity index (χ0n) is 7.78. The number of nitrogens with zero attached hydrogens (tertiary/aromatic N) is 2. The molecule has 0 atom stereocenters. The summed E-state index contributed by atoms with van der Waals surface area (Å²) in [4.78, 5) is 0. The zero-order valence-corrected chi connectivity index (χ0v) is 8.78. The summed E-state index contributed by atoms with van der Waals surface area (Å²) in [6.07, 6.45) is 7.94. The van der Waals surface area contributed by atoms with Crippen molar-refractivity contribution in [1.29, 1.82) is 5.26 Å². The Labute approximate surface area is 74.9 Å². The number of rotatable bonds is 1. The second-order valence-electron chi connectivity index (χ2n) is 3.92. The molecule has 0 aliphatic carbocycles. The van der Waals surface area contributed by atoms with Crippen molar-refractivity contribution in [2.24, 2.45) is 5.92 Å². The molecule has 64 valence electrons. The van der Waals surface area contributed by atoms with Crippen LogP contribution in [0.5, 0.6) is 0 Å². The number of allylic oxidation sites excluding steroid dienone is 2. The number of hydrogen-bond acceptors (Lipinski definition) is 2. The van der Waals surface area contributed by atoms with E-state index in [9.17, 15) is 0 Å². The maximum absolute atomic E-state index is 8.62. The lowest BCUT2D eigenvalue weighted by molar-refractivity contribution is 0.725. The Hall–Kier alpha value is -1.01. The Morgan fingerprint density at radius 1 is 1.25 bits per heavy atom. The van der Waals surface area contributed by atoms with Crippen molar-refractivity contribution >= 4 is 8.24 Å². The predicted octanol–water partition coefficient (Wildman–Crippen LogP) is 2.30. The monoisotopic (exact) mass is 178 g/mol. The van der Waals surface area contributed by atoms with E-state index < -0.39 is 8.24 Å². The first kappa shape index (κ1) is 9.08. The average Bonchev–Trinajstić information content (AvgIpc) is 2.03. The molecule has 0 aromatic heterocycles. The Morgan fingerprint density at radius 2 is 1.75 bits per heavy atom. The van der Waals surface area contributed by atoms with Crippen LogP contribution in [0.3, 0.4) is 0 Å². The van der Waals surface area contributed by atoms with Crippen LogP contribution in [0.25, 0.3) is 0 Å². The van der Waals surface area contributed by atoms with Crippen molar-refractivity contribution in [3.63, 3.8) is 0 Å². The van der Waals surface area contributed by atoms with Gasteiger partial charge in [-0.25, -0.2) is 0 Å². The van der Waals surface area contributed by atoms with Gasteiger partial charge in [0, 0.05) is 0 Å². The van der Waals surface area contributed by atoms with Crippen molar-refractivity contribution < 1.29 is 0 Å². The highest BCUT2D eigenvalue weighted by atomic mass is 28.3. The Bertz CT molecular complexity index is 241. The summed E-state index contributed by atoms with van der Waals surface area (Å²) in [7, 11) is -1.25. The largest absolute Gasteiger partial charge is 0.381 e. The van der Waals surface area contributed by atoms with Gasteiger partial charge in [0.25, 0.3) is 0 Å². The van der Waals surface area contributed by atoms with Gasteiger partial charge in [-0.1, -0.05) is 19.6 Å². The lowest BCUT2D eigenvalue weighted by atomic mass is 10.1.